The van der Waals surface area contributed by atoms with Crippen molar-refractivity contribution >= 4 is 5.69 Å². The minimum absolute atomic E-state index is 0.626. The molecule has 1 saturated carbocycles. The van der Waals surface area contributed by atoms with Crippen molar-refractivity contribution in [2.24, 2.45) is 5.92 Å². The van der Waals surface area contributed by atoms with Crippen LogP contribution in [0.4, 0.5) is 5.69 Å². The molecule has 0 amide bonds. The van der Waals surface area contributed by atoms with Crippen molar-refractivity contribution in [2.45, 2.75) is 58.3 Å². The Morgan fingerprint density at radius 3 is 2.33 bits per heavy atom. The first kappa shape index (κ1) is 13.5. The lowest BCUT2D eigenvalue weighted by molar-refractivity contribution is 0.345. The molecular formula is C17H27N. The molecule has 1 heteroatoms. The third-order valence-corrected chi connectivity index (χ3v) is 4.18. The van der Waals surface area contributed by atoms with Crippen LogP contribution in [0.1, 0.15) is 63.9 Å². The summed E-state index contributed by atoms with van der Waals surface area (Å²) in [5.74, 6) is 1.60. The number of nitrogens with one attached hydrogen (secondary N) is 1. The molecule has 0 bridgehead atoms. The first-order valence-corrected chi connectivity index (χ1v) is 7.59. The third kappa shape index (κ3) is 4.04. The monoisotopic (exact) mass is 245 g/mol. The summed E-state index contributed by atoms with van der Waals surface area (Å²) < 4.78 is 0. The van der Waals surface area contributed by atoms with Gasteiger partial charge in [-0.15, -0.1) is 0 Å². The Morgan fingerprint density at radius 2 is 1.72 bits per heavy atom. The van der Waals surface area contributed by atoms with Crippen molar-refractivity contribution in [1.29, 1.82) is 0 Å². The van der Waals surface area contributed by atoms with Crippen LogP contribution in [-0.2, 0) is 0 Å². The maximum atomic E-state index is 3.56. The average Bonchev–Trinajstić information content (AvgIpc) is 2.40. The largest absolute Gasteiger partial charge is 0.385 e. The average molecular weight is 245 g/mol. The van der Waals surface area contributed by atoms with Gasteiger partial charge in [0, 0.05) is 12.2 Å². The van der Waals surface area contributed by atoms with Gasteiger partial charge in [-0.05, 0) is 36.0 Å². The van der Waals surface area contributed by atoms with E-state index in [1.165, 1.54) is 49.8 Å². The highest BCUT2D eigenvalue weighted by Crippen LogP contribution is 2.26. The fourth-order valence-electron chi connectivity index (χ4n) is 2.88. The second-order valence-corrected chi connectivity index (χ2v) is 6.00. The second-order valence-electron chi connectivity index (χ2n) is 6.00. The molecule has 0 aliphatic heterocycles. The highest BCUT2D eigenvalue weighted by atomic mass is 14.9. The Balaban J connectivity index is 1.72. The van der Waals surface area contributed by atoms with E-state index in [9.17, 15) is 0 Å². The van der Waals surface area contributed by atoms with Crippen molar-refractivity contribution in [2.75, 3.05) is 11.9 Å². The van der Waals surface area contributed by atoms with Gasteiger partial charge in [-0.25, -0.2) is 0 Å². The molecule has 100 valence electrons. The van der Waals surface area contributed by atoms with E-state index < -0.39 is 0 Å². The molecule has 0 atom stereocenters. The normalized spacial score (nSPS) is 17.1. The number of rotatable bonds is 5. The summed E-state index contributed by atoms with van der Waals surface area (Å²) >= 11 is 0. The lowest BCUT2D eigenvalue weighted by Crippen LogP contribution is -2.12. The molecule has 1 N–H and O–H groups in total. The third-order valence-electron chi connectivity index (χ3n) is 4.18. The molecule has 2 rings (SSSR count). The van der Waals surface area contributed by atoms with Gasteiger partial charge in [0.05, 0.1) is 0 Å². The van der Waals surface area contributed by atoms with Gasteiger partial charge in [0.2, 0.25) is 0 Å². The van der Waals surface area contributed by atoms with Crippen molar-refractivity contribution in [3.8, 4) is 0 Å². The summed E-state index contributed by atoms with van der Waals surface area (Å²) in [4.78, 5) is 0. The van der Waals surface area contributed by atoms with Gasteiger partial charge in [-0.2, -0.15) is 0 Å². The van der Waals surface area contributed by atoms with Crippen molar-refractivity contribution in [1.82, 2.24) is 0 Å². The van der Waals surface area contributed by atoms with Crippen LogP contribution in [0, 0.1) is 5.92 Å². The van der Waals surface area contributed by atoms with E-state index in [1.54, 1.807) is 0 Å². The molecule has 1 nitrogen and oxygen atoms in total. The van der Waals surface area contributed by atoms with E-state index in [-0.39, 0.29) is 0 Å². The maximum absolute atomic E-state index is 3.56. The fraction of sp³-hybridized carbons (Fsp3) is 0.647. The van der Waals surface area contributed by atoms with Crippen molar-refractivity contribution in [3.63, 3.8) is 0 Å². The SMILES string of the molecule is CC(C)c1ccc(NCCC2CCCCC2)cc1. The minimum Gasteiger partial charge on any atom is -0.385 e. The number of benzene rings is 1. The zero-order chi connectivity index (χ0) is 12.8. The van der Waals surface area contributed by atoms with E-state index >= 15 is 0 Å². The van der Waals surface area contributed by atoms with Gasteiger partial charge in [0.15, 0.2) is 0 Å². The quantitative estimate of drug-likeness (QED) is 0.752. The van der Waals surface area contributed by atoms with Gasteiger partial charge >= 0.3 is 0 Å². The van der Waals surface area contributed by atoms with Gasteiger partial charge < -0.3 is 5.32 Å². The molecular weight excluding hydrogens is 218 g/mol. The summed E-state index contributed by atoms with van der Waals surface area (Å²) in [7, 11) is 0. The lowest BCUT2D eigenvalue weighted by atomic mass is 9.87. The highest BCUT2D eigenvalue weighted by molar-refractivity contribution is 5.45. The number of hydrogen-bond acceptors (Lipinski definition) is 1. The van der Waals surface area contributed by atoms with Crippen LogP contribution in [0.5, 0.6) is 0 Å². The van der Waals surface area contributed by atoms with Crippen LogP contribution >= 0.6 is 0 Å². The predicted molar refractivity (Wildman–Crippen MR) is 80.2 cm³/mol. The van der Waals surface area contributed by atoms with E-state index in [0.29, 0.717) is 5.92 Å². The van der Waals surface area contributed by atoms with E-state index in [0.717, 1.165) is 12.5 Å². The van der Waals surface area contributed by atoms with Gasteiger partial charge in [0.1, 0.15) is 0 Å². The summed E-state index contributed by atoms with van der Waals surface area (Å²) in [5.41, 5.74) is 2.70. The van der Waals surface area contributed by atoms with E-state index in [1.807, 2.05) is 0 Å². The molecule has 1 fully saturated rings. The summed E-state index contributed by atoms with van der Waals surface area (Å²) in [6.07, 6.45) is 8.61. The zero-order valence-corrected chi connectivity index (χ0v) is 11.9. The Labute approximate surface area is 112 Å². The van der Waals surface area contributed by atoms with Crippen LogP contribution in [0.3, 0.4) is 0 Å². The predicted octanol–water partition coefficient (Wildman–Crippen LogP) is 5.19. The van der Waals surface area contributed by atoms with Crippen LogP contribution < -0.4 is 5.32 Å². The van der Waals surface area contributed by atoms with E-state index in [4.69, 9.17) is 0 Å². The molecule has 0 saturated heterocycles. The first-order valence-electron chi connectivity index (χ1n) is 7.59. The molecule has 0 radical (unpaired) electrons. The van der Waals surface area contributed by atoms with Crippen molar-refractivity contribution < 1.29 is 0 Å². The summed E-state index contributed by atoms with van der Waals surface area (Å²) in [6, 6.07) is 8.92. The molecule has 1 aliphatic carbocycles. The van der Waals surface area contributed by atoms with Crippen molar-refractivity contribution in [3.05, 3.63) is 29.8 Å². The van der Waals surface area contributed by atoms with Crippen LogP contribution in [0.2, 0.25) is 0 Å². The molecule has 0 spiro atoms. The molecule has 0 aromatic heterocycles. The molecule has 0 unspecified atom stereocenters. The zero-order valence-electron chi connectivity index (χ0n) is 11.9. The van der Waals surface area contributed by atoms with Gasteiger partial charge in [-0.1, -0.05) is 58.1 Å². The Kier molecular flexibility index (Phi) is 5.10. The number of anilines is 1. The number of hydrogen-bond donors (Lipinski definition) is 1. The second kappa shape index (κ2) is 6.82. The Bertz CT molecular complexity index is 333. The van der Waals surface area contributed by atoms with Gasteiger partial charge in [0.25, 0.3) is 0 Å². The first-order chi connectivity index (χ1) is 8.75. The Morgan fingerprint density at radius 1 is 1.06 bits per heavy atom. The van der Waals surface area contributed by atoms with Crippen LogP contribution in [0.25, 0.3) is 0 Å². The molecule has 0 heterocycles. The molecule has 1 aliphatic rings. The summed E-state index contributed by atoms with van der Waals surface area (Å²) in [5, 5.41) is 3.56. The molecule has 18 heavy (non-hydrogen) atoms. The highest BCUT2D eigenvalue weighted by Gasteiger charge is 2.12. The van der Waals surface area contributed by atoms with E-state index in [2.05, 4.69) is 43.4 Å². The fourth-order valence-corrected chi connectivity index (χ4v) is 2.88. The molecule has 1 aromatic rings. The Hall–Kier alpha value is -0.980. The maximum Gasteiger partial charge on any atom is 0.0340 e. The minimum atomic E-state index is 0.626. The topological polar surface area (TPSA) is 12.0 Å². The van der Waals surface area contributed by atoms with Crippen LogP contribution in [-0.4, -0.2) is 6.54 Å². The van der Waals surface area contributed by atoms with Crippen LogP contribution in [0.15, 0.2) is 24.3 Å². The standard InChI is InChI=1S/C17H27N/c1-14(2)16-8-10-17(11-9-16)18-13-12-15-6-4-3-5-7-15/h8-11,14-15,18H,3-7,12-13H2,1-2H3. The lowest BCUT2D eigenvalue weighted by Gasteiger charge is -2.21. The summed E-state index contributed by atoms with van der Waals surface area (Å²) in [6.45, 7) is 5.61. The molecule has 1 aromatic carbocycles. The smallest absolute Gasteiger partial charge is 0.0340 e. The van der Waals surface area contributed by atoms with Gasteiger partial charge in [-0.3, -0.25) is 0 Å².